The third-order valence-corrected chi connectivity index (χ3v) is 7.78. The summed E-state index contributed by atoms with van der Waals surface area (Å²) in [5.41, 5.74) is 5.10. The van der Waals surface area contributed by atoms with Crippen molar-refractivity contribution in [1.29, 1.82) is 0 Å². The molecule has 0 spiro atoms. The molecule has 4 aromatic carbocycles. The van der Waals surface area contributed by atoms with E-state index in [1.54, 1.807) is 17.4 Å². The fraction of sp³-hybridized carbons (Fsp3) is 0. The van der Waals surface area contributed by atoms with Crippen molar-refractivity contribution < 1.29 is 0 Å². The normalized spacial score (nSPS) is 11.9. The molecule has 0 amide bonds. The van der Waals surface area contributed by atoms with E-state index in [1.807, 2.05) is 66.8 Å². The summed E-state index contributed by atoms with van der Waals surface area (Å²) in [6, 6.07) is 33.1. The molecule has 0 N–H and O–H groups in total. The summed E-state index contributed by atoms with van der Waals surface area (Å²) < 4.78 is 3.31. The first kappa shape index (κ1) is 23.9. The Bertz CT molecular complexity index is 2050. The Balaban J connectivity index is 1.44. The summed E-state index contributed by atoms with van der Waals surface area (Å²) in [6.45, 7) is 3.73. The maximum Gasteiger partial charge on any atom is 0.238 e. The summed E-state index contributed by atoms with van der Waals surface area (Å²) in [5.74, 6) is 1.77. The van der Waals surface area contributed by atoms with Crippen molar-refractivity contribution in [2.75, 3.05) is 0 Å². The highest BCUT2D eigenvalue weighted by Crippen LogP contribution is 2.36. The Hall–Kier alpha value is -5.20. The zero-order valence-corrected chi connectivity index (χ0v) is 22.3. The summed E-state index contributed by atoms with van der Waals surface area (Å²) in [5, 5.41) is 3.26. The lowest BCUT2D eigenvalue weighted by Gasteiger charge is -2.09. The van der Waals surface area contributed by atoms with Crippen LogP contribution in [0.15, 0.2) is 128 Å². The fourth-order valence-electron chi connectivity index (χ4n) is 4.87. The summed E-state index contributed by atoms with van der Waals surface area (Å²) in [4.78, 5) is 19.5. The van der Waals surface area contributed by atoms with Crippen LogP contribution in [0.3, 0.4) is 0 Å². The van der Waals surface area contributed by atoms with Gasteiger partial charge in [0, 0.05) is 21.9 Å². The second-order valence-corrected chi connectivity index (χ2v) is 10.3. The molecule has 0 aliphatic rings. The molecule has 7 rings (SSSR count). The van der Waals surface area contributed by atoms with Gasteiger partial charge in [-0.2, -0.15) is 9.97 Å². The van der Waals surface area contributed by atoms with Crippen LogP contribution in [0.4, 0.5) is 0 Å². The number of aromatic nitrogens is 5. The first-order valence-corrected chi connectivity index (χ1v) is 13.8. The number of rotatable bonds is 6. The highest BCUT2D eigenvalue weighted by atomic mass is 32.1. The largest absolute Gasteiger partial charge is 0.278 e. The molecular weight excluding hydrogens is 510 g/mol. The van der Waals surface area contributed by atoms with Crippen LogP contribution in [0, 0.1) is 0 Å². The van der Waals surface area contributed by atoms with Gasteiger partial charge in [0.2, 0.25) is 5.95 Å². The van der Waals surface area contributed by atoms with E-state index >= 15 is 0 Å². The van der Waals surface area contributed by atoms with Gasteiger partial charge in [-0.15, -0.1) is 11.3 Å². The Morgan fingerprint density at radius 2 is 1.45 bits per heavy atom. The lowest BCUT2D eigenvalue weighted by molar-refractivity contribution is 0.936. The maximum atomic E-state index is 4.96. The van der Waals surface area contributed by atoms with Gasteiger partial charge in [0.05, 0.1) is 21.3 Å². The van der Waals surface area contributed by atoms with E-state index < -0.39 is 0 Å². The molecule has 0 atom stereocenters. The third kappa shape index (κ3) is 4.30. The van der Waals surface area contributed by atoms with Crippen LogP contribution in [0.5, 0.6) is 0 Å². The zero-order valence-electron chi connectivity index (χ0n) is 21.5. The number of thiazole rings is 1. The molecule has 5 nitrogen and oxygen atoms in total. The molecule has 3 heterocycles. The molecule has 0 saturated heterocycles. The molecule has 0 fully saturated rings. The van der Waals surface area contributed by atoms with Crippen molar-refractivity contribution in [3.05, 3.63) is 134 Å². The summed E-state index contributed by atoms with van der Waals surface area (Å²) in [7, 11) is 0. The van der Waals surface area contributed by atoms with Crippen molar-refractivity contribution in [2.24, 2.45) is 0 Å². The standard InChI is InChI=1S/C34H23N5S/c1-2-3-4-8-19-31-36-32(23-13-6-5-7-14-23)38-34(37-31)39-28-17-11-9-15-25(28)26-22-24(20-21-29(26)39)33-35-27-16-10-12-18-30(27)40-33/h2-22H,1H2/b4-3-,19-8+. The van der Waals surface area contributed by atoms with E-state index in [0.29, 0.717) is 17.6 Å². The summed E-state index contributed by atoms with van der Waals surface area (Å²) >= 11 is 1.71. The minimum absolute atomic E-state index is 0.570. The van der Waals surface area contributed by atoms with Gasteiger partial charge in [-0.25, -0.2) is 9.97 Å². The van der Waals surface area contributed by atoms with Crippen molar-refractivity contribution in [1.82, 2.24) is 24.5 Å². The van der Waals surface area contributed by atoms with Gasteiger partial charge >= 0.3 is 0 Å². The van der Waals surface area contributed by atoms with Crippen molar-refractivity contribution in [3.63, 3.8) is 0 Å². The first-order valence-electron chi connectivity index (χ1n) is 13.0. The van der Waals surface area contributed by atoms with Gasteiger partial charge < -0.3 is 0 Å². The van der Waals surface area contributed by atoms with Crippen LogP contribution < -0.4 is 0 Å². The monoisotopic (exact) mass is 533 g/mol. The molecule has 7 aromatic rings. The molecular formula is C34H23N5S. The summed E-state index contributed by atoms with van der Waals surface area (Å²) in [6.07, 6.45) is 9.30. The lowest BCUT2D eigenvalue weighted by atomic mass is 10.1. The molecule has 0 bridgehead atoms. The minimum Gasteiger partial charge on any atom is -0.278 e. The minimum atomic E-state index is 0.570. The molecule has 0 unspecified atom stereocenters. The van der Waals surface area contributed by atoms with Gasteiger partial charge in [-0.1, -0.05) is 91.5 Å². The number of hydrogen-bond donors (Lipinski definition) is 0. The van der Waals surface area contributed by atoms with E-state index in [1.165, 1.54) is 4.70 Å². The highest BCUT2D eigenvalue weighted by molar-refractivity contribution is 7.21. The Kier molecular flexibility index (Phi) is 6.07. The Labute approximate surface area is 235 Å². The van der Waals surface area contributed by atoms with Crippen LogP contribution in [-0.4, -0.2) is 24.5 Å². The molecule has 3 aromatic heterocycles. The quantitative estimate of drug-likeness (QED) is 0.201. The Morgan fingerprint density at radius 3 is 2.33 bits per heavy atom. The van der Waals surface area contributed by atoms with Crippen molar-refractivity contribution in [3.8, 4) is 27.9 Å². The second kappa shape index (κ2) is 10.2. The molecule has 0 aliphatic heterocycles. The van der Waals surface area contributed by atoms with E-state index in [4.69, 9.17) is 19.9 Å². The van der Waals surface area contributed by atoms with E-state index in [0.717, 1.165) is 43.5 Å². The predicted molar refractivity (Wildman–Crippen MR) is 167 cm³/mol. The van der Waals surface area contributed by atoms with Crippen molar-refractivity contribution in [2.45, 2.75) is 0 Å². The average Bonchev–Trinajstić information content (AvgIpc) is 3.59. The van der Waals surface area contributed by atoms with Crippen LogP contribution >= 0.6 is 11.3 Å². The number of benzene rings is 4. The number of nitrogens with zero attached hydrogens (tertiary/aromatic N) is 5. The van der Waals surface area contributed by atoms with E-state index in [9.17, 15) is 0 Å². The van der Waals surface area contributed by atoms with Crippen LogP contribution in [0.1, 0.15) is 5.82 Å². The van der Waals surface area contributed by atoms with E-state index in [2.05, 4.69) is 65.7 Å². The van der Waals surface area contributed by atoms with Gasteiger partial charge in [0.1, 0.15) is 5.01 Å². The molecule has 0 aliphatic carbocycles. The lowest BCUT2D eigenvalue weighted by Crippen LogP contribution is -2.06. The van der Waals surface area contributed by atoms with Crippen LogP contribution in [0.25, 0.3) is 66.0 Å². The number of fused-ring (bicyclic) bond motifs is 4. The van der Waals surface area contributed by atoms with Gasteiger partial charge in [0.25, 0.3) is 0 Å². The smallest absolute Gasteiger partial charge is 0.238 e. The topological polar surface area (TPSA) is 56.5 Å². The first-order chi connectivity index (χ1) is 19.8. The third-order valence-electron chi connectivity index (χ3n) is 6.69. The maximum absolute atomic E-state index is 4.96. The number of para-hydroxylation sites is 2. The molecule has 190 valence electrons. The van der Waals surface area contributed by atoms with Gasteiger partial charge in [-0.05, 0) is 42.5 Å². The predicted octanol–water partition coefficient (Wildman–Crippen LogP) is 8.67. The van der Waals surface area contributed by atoms with E-state index in [-0.39, 0.29) is 0 Å². The Morgan fingerprint density at radius 1 is 0.650 bits per heavy atom. The number of allylic oxidation sites excluding steroid dienone is 4. The van der Waals surface area contributed by atoms with Crippen LogP contribution in [-0.2, 0) is 0 Å². The SMILES string of the molecule is C=C/C=C\C=C\c1nc(-c2ccccc2)nc(-n2c3ccccc3c3cc(-c4nc5ccccc5s4)ccc32)n1. The van der Waals surface area contributed by atoms with Crippen molar-refractivity contribution >= 4 is 49.4 Å². The highest BCUT2D eigenvalue weighted by Gasteiger charge is 2.17. The average molecular weight is 534 g/mol. The molecule has 6 heteroatoms. The number of hydrogen-bond acceptors (Lipinski definition) is 5. The zero-order chi connectivity index (χ0) is 26.9. The van der Waals surface area contributed by atoms with Crippen LogP contribution in [0.2, 0.25) is 0 Å². The molecule has 0 saturated carbocycles. The molecule has 0 radical (unpaired) electrons. The van der Waals surface area contributed by atoms with Gasteiger partial charge in [-0.3, -0.25) is 4.57 Å². The second-order valence-electron chi connectivity index (χ2n) is 9.23. The molecule has 40 heavy (non-hydrogen) atoms. The fourth-order valence-corrected chi connectivity index (χ4v) is 5.83. The van der Waals surface area contributed by atoms with Gasteiger partial charge in [0.15, 0.2) is 11.6 Å².